The minimum Gasteiger partial charge on any atom is -0.389 e. The van der Waals surface area contributed by atoms with Crippen molar-refractivity contribution in [3.05, 3.63) is 29.9 Å². The summed E-state index contributed by atoms with van der Waals surface area (Å²) in [4.78, 5) is 8.10. The van der Waals surface area contributed by atoms with Crippen LogP contribution in [-0.2, 0) is 0 Å². The van der Waals surface area contributed by atoms with Gasteiger partial charge in [0.15, 0.2) is 0 Å². The van der Waals surface area contributed by atoms with Crippen molar-refractivity contribution in [2.24, 2.45) is 0 Å². The summed E-state index contributed by atoms with van der Waals surface area (Å²) in [6.07, 6.45) is 4.73. The van der Waals surface area contributed by atoms with E-state index in [1.54, 1.807) is 31.3 Å². The van der Waals surface area contributed by atoms with E-state index in [1.807, 2.05) is 6.92 Å². The smallest absolute Gasteiger partial charge is 0.125 e. The second kappa shape index (κ2) is 3.97. The largest absolute Gasteiger partial charge is 0.389 e. The van der Waals surface area contributed by atoms with Crippen LogP contribution >= 0.6 is 0 Å². The van der Waals surface area contributed by atoms with Crippen molar-refractivity contribution < 1.29 is 5.11 Å². The first kappa shape index (κ1) is 8.87. The fourth-order valence-corrected chi connectivity index (χ4v) is 0.805. The molecule has 0 radical (unpaired) electrons. The summed E-state index contributed by atoms with van der Waals surface area (Å²) in [5.74, 6) is 0.739. The summed E-state index contributed by atoms with van der Waals surface area (Å²) < 4.78 is 0. The maximum absolute atomic E-state index is 8.95. The molecule has 1 unspecified atom stereocenters. The Morgan fingerprint density at radius 2 is 2.33 bits per heavy atom. The van der Waals surface area contributed by atoms with Gasteiger partial charge in [0.25, 0.3) is 0 Å². The zero-order valence-electron chi connectivity index (χ0n) is 7.23. The molecule has 0 amide bonds. The van der Waals surface area contributed by atoms with E-state index in [0.29, 0.717) is 0 Å². The zero-order chi connectivity index (χ0) is 8.97. The first-order valence-corrected chi connectivity index (χ1v) is 3.84. The summed E-state index contributed by atoms with van der Waals surface area (Å²) in [7, 11) is 0. The Morgan fingerprint density at radius 1 is 1.58 bits per heavy atom. The highest BCUT2D eigenvalue weighted by Gasteiger charge is 1.90. The third kappa shape index (κ3) is 2.80. The van der Waals surface area contributed by atoms with Crippen LogP contribution in [0.4, 0.5) is 0 Å². The van der Waals surface area contributed by atoms with Crippen LogP contribution < -0.4 is 0 Å². The molecule has 0 spiro atoms. The highest BCUT2D eigenvalue weighted by molar-refractivity contribution is 5.44. The van der Waals surface area contributed by atoms with E-state index in [-0.39, 0.29) is 0 Å². The second-order valence-corrected chi connectivity index (χ2v) is 2.63. The van der Waals surface area contributed by atoms with Crippen LogP contribution in [0.2, 0.25) is 0 Å². The van der Waals surface area contributed by atoms with Gasteiger partial charge in [-0.15, -0.1) is 0 Å². The molecule has 0 saturated carbocycles. The Bertz CT molecular complexity index is 282. The highest BCUT2D eigenvalue weighted by Crippen LogP contribution is 1.98. The van der Waals surface area contributed by atoms with Crippen molar-refractivity contribution in [2.45, 2.75) is 20.0 Å². The molecule has 1 aromatic heterocycles. The monoisotopic (exact) mass is 164 g/mol. The van der Waals surface area contributed by atoms with Gasteiger partial charge in [-0.25, -0.2) is 9.97 Å². The van der Waals surface area contributed by atoms with Crippen LogP contribution in [0.3, 0.4) is 0 Å². The molecule has 0 bridgehead atoms. The van der Waals surface area contributed by atoms with Gasteiger partial charge < -0.3 is 5.11 Å². The number of aliphatic hydroxyl groups is 1. The molecule has 0 aliphatic heterocycles. The number of hydrogen-bond acceptors (Lipinski definition) is 3. The van der Waals surface area contributed by atoms with E-state index in [0.717, 1.165) is 11.5 Å². The average molecular weight is 164 g/mol. The minimum atomic E-state index is -0.430. The fourth-order valence-electron chi connectivity index (χ4n) is 0.805. The van der Waals surface area contributed by atoms with Crippen LogP contribution in [0.5, 0.6) is 0 Å². The molecule has 0 aliphatic rings. The van der Waals surface area contributed by atoms with Crippen molar-refractivity contribution in [3.63, 3.8) is 0 Å². The molecule has 0 saturated heterocycles. The molecule has 0 fully saturated rings. The van der Waals surface area contributed by atoms with E-state index in [4.69, 9.17) is 5.11 Å². The highest BCUT2D eigenvalue weighted by atomic mass is 16.3. The lowest BCUT2D eigenvalue weighted by Gasteiger charge is -1.95. The SMILES string of the molecule is Cc1nccc(/C=C/C(C)O)n1. The first-order valence-electron chi connectivity index (χ1n) is 3.84. The Balaban J connectivity index is 2.76. The Morgan fingerprint density at radius 3 is 2.92 bits per heavy atom. The molecule has 64 valence electrons. The van der Waals surface area contributed by atoms with Crippen molar-refractivity contribution in [1.29, 1.82) is 0 Å². The summed E-state index contributed by atoms with van der Waals surface area (Å²) in [6, 6.07) is 1.80. The van der Waals surface area contributed by atoms with Crippen LogP contribution in [0.1, 0.15) is 18.4 Å². The third-order valence-electron chi connectivity index (χ3n) is 1.34. The molecular formula is C9H12N2O. The van der Waals surface area contributed by atoms with Crippen LogP contribution in [0.25, 0.3) is 6.08 Å². The van der Waals surface area contributed by atoms with Crippen molar-refractivity contribution in [1.82, 2.24) is 9.97 Å². The molecule has 0 aliphatic carbocycles. The standard InChI is InChI=1S/C9H12N2O/c1-7(12)3-4-9-5-6-10-8(2)11-9/h3-7,12H,1-2H3/b4-3+. The van der Waals surface area contributed by atoms with Gasteiger partial charge >= 0.3 is 0 Å². The molecule has 3 nitrogen and oxygen atoms in total. The molecule has 3 heteroatoms. The maximum atomic E-state index is 8.95. The van der Waals surface area contributed by atoms with E-state index in [2.05, 4.69) is 9.97 Å². The number of aliphatic hydroxyl groups excluding tert-OH is 1. The van der Waals surface area contributed by atoms with Crippen LogP contribution in [-0.4, -0.2) is 21.2 Å². The van der Waals surface area contributed by atoms with Gasteiger partial charge in [-0.3, -0.25) is 0 Å². The number of aromatic nitrogens is 2. The fraction of sp³-hybridized carbons (Fsp3) is 0.333. The molecule has 12 heavy (non-hydrogen) atoms. The lowest BCUT2D eigenvalue weighted by atomic mass is 10.3. The minimum absolute atomic E-state index is 0.430. The van der Waals surface area contributed by atoms with E-state index >= 15 is 0 Å². The van der Waals surface area contributed by atoms with Crippen molar-refractivity contribution in [3.8, 4) is 0 Å². The molecule has 1 aromatic rings. The lowest BCUT2D eigenvalue weighted by Crippen LogP contribution is -1.93. The molecular weight excluding hydrogens is 152 g/mol. The summed E-state index contributed by atoms with van der Waals surface area (Å²) in [5, 5.41) is 8.95. The van der Waals surface area contributed by atoms with Crippen LogP contribution in [0.15, 0.2) is 18.3 Å². The van der Waals surface area contributed by atoms with E-state index < -0.39 is 6.10 Å². The number of hydrogen-bond donors (Lipinski definition) is 1. The van der Waals surface area contributed by atoms with Gasteiger partial charge in [0, 0.05) is 6.20 Å². The van der Waals surface area contributed by atoms with Gasteiger partial charge in [-0.05, 0) is 26.0 Å². The molecule has 1 N–H and O–H groups in total. The van der Waals surface area contributed by atoms with Gasteiger partial charge in [0.1, 0.15) is 5.82 Å². The quantitative estimate of drug-likeness (QED) is 0.713. The molecule has 1 rings (SSSR count). The van der Waals surface area contributed by atoms with Crippen molar-refractivity contribution in [2.75, 3.05) is 0 Å². The van der Waals surface area contributed by atoms with E-state index in [1.165, 1.54) is 0 Å². The predicted molar refractivity (Wildman–Crippen MR) is 47.5 cm³/mol. The number of rotatable bonds is 2. The second-order valence-electron chi connectivity index (χ2n) is 2.63. The van der Waals surface area contributed by atoms with Gasteiger partial charge in [-0.2, -0.15) is 0 Å². The normalized spacial score (nSPS) is 13.6. The number of aryl methyl sites for hydroxylation is 1. The average Bonchev–Trinajstić information content (AvgIpc) is 2.01. The van der Waals surface area contributed by atoms with Crippen LogP contribution in [0, 0.1) is 6.92 Å². The third-order valence-corrected chi connectivity index (χ3v) is 1.34. The van der Waals surface area contributed by atoms with Gasteiger partial charge in [-0.1, -0.05) is 6.08 Å². The Hall–Kier alpha value is -1.22. The Kier molecular flexibility index (Phi) is 2.94. The first-order chi connectivity index (χ1) is 5.68. The zero-order valence-corrected chi connectivity index (χ0v) is 7.23. The summed E-state index contributed by atoms with van der Waals surface area (Å²) in [6.45, 7) is 3.53. The van der Waals surface area contributed by atoms with Gasteiger partial charge in [0.05, 0.1) is 11.8 Å². The number of nitrogens with zero attached hydrogens (tertiary/aromatic N) is 2. The Labute approximate surface area is 71.8 Å². The summed E-state index contributed by atoms with van der Waals surface area (Å²) >= 11 is 0. The molecule has 1 atom stereocenters. The summed E-state index contributed by atoms with van der Waals surface area (Å²) in [5.41, 5.74) is 0.823. The maximum Gasteiger partial charge on any atom is 0.125 e. The topological polar surface area (TPSA) is 46.0 Å². The van der Waals surface area contributed by atoms with Crippen molar-refractivity contribution >= 4 is 6.08 Å². The molecule has 0 aromatic carbocycles. The lowest BCUT2D eigenvalue weighted by molar-refractivity contribution is 0.245. The predicted octanol–water partition coefficient (Wildman–Crippen LogP) is 1.18. The van der Waals surface area contributed by atoms with E-state index in [9.17, 15) is 0 Å². The van der Waals surface area contributed by atoms with Gasteiger partial charge in [0.2, 0.25) is 0 Å². The molecule has 1 heterocycles.